The van der Waals surface area contributed by atoms with Crippen LogP contribution in [-0.4, -0.2) is 12.4 Å². The lowest BCUT2D eigenvalue weighted by atomic mass is 9.74. The topological polar surface area (TPSA) is 26.3 Å². The third kappa shape index (κ3) is 5.74. The third-order valence-electron chi connectivity index (χ3n) is 4.70. The van der Waals surface area contributed by atoms with Crippen LogP contribution in [0.3, 0.4) is 0 Å². The van der Waals surface area contributed by atoms with Crippen molar-refractivity contribution in [1.82, 2.24) is 0 Å². The van der Waals surface area contributed by atoms with E-state index in [0.29, 0.717) is 23.1 Å². The molecule has 2 rings (SSSR count). The molecular formula is C23H30O2. The molecule has 0 unspecified atom stereocenters. The van der Waals surface area contributed by atoms with Gasteiger partial charge in [0, 0.05) is 11.1 Å². The van der Waals surface area contributed by atoms with Gasteiger partial charge in [-0.15, -0.1) is 0 Å². The predicted molar refractivity (Wildman–Crippen MR) is 104 cm³/mol. The van der Waals surface area contributed by atoms with Crippen molar-refractivity contribution in [2.45, 2.75) is 47.5 Å². The molecular weight excluding hydrogens is 308 g/mol. The zero-order valence-corrected chi connectivity index (χ0v) is 16.1. The van der Waals surface area contributed by atoms with Crippen LogP contribution >= 0.6 is 0 Å². The molecule has 0 spiro atoms. The van der Waals surface area contributed by atoms with E-state index >= 15 is 0 Å². The standard InChI is InChI=1S/C23H30O2/c1-6-22(2,3)16-23(4,5)17-25-20-14-12-19(13-15-20)21(24)18-10-8-7-9-11-18/h7-15H,6,16-17H2,1-5H3. The van der Waals surface area contributed by atoms with Gasteiger partial charge in [-0.1, -0.05) is 71.4 Å². The predicted octanol–water partition coefficient (Wildman–Crippen LogP) is 6.15. The summed E-state index contributed by atoms with van der Waals surface area (Å²) in [5.74, 6) is 0.851. The van der Waals surface area contributed by atoms with Gasteiger partial charge in [-0.25, -0.2) is 0 Å². The van der Waals surface area contributed by atoms with E-state index in [1.54, 1.807) is 0 Å². The Morgan fingerprint density at radius 3 is 1.96 bits per heavy atom. The summed E-state index contributed by atoms with van der Waals surface area (Å²) in [4.78, 5) is 12.4. The average molecular weight is 338 g/mol. The van der Waals surface area contributed by atoms with Crippen LogP contribution in [0, 0.1) is 10.8 Å². The van der Waals surface area contributed by atoms with Crippen LogP contribution in [0.5, 0.6) is 5.75 Å². The molecule has 0 amide bonds. The minimum absolute atomic E-state index is 0.0391. The minimum atomic E-state index is 0.0391. The summed E-state index contributed by atoms with van der Waals surface area (Å²) in [6.07, 6.45) is 2.27. The Morgan fingerprint density at radius 2 is 1.40 bits per heavy atom. The summed E-state index contributed by atoms with van der Waals surface area (Å²) in [5.41, 5.74) is 1.82. The number of hydrogen-bond acceptors (Lipinski definition) is 2. The maximum atomic E-state index is 12.4. The van der Waals surface area contributed by atoms with E-state index in [4.69, 9.17) is 4.74 Å². The SMILES string of the molecule is CCC(C)(C)CC(C)(C)COc1ccc(C(=O)c2ccccc2)cc1. The van der Waals surface area contributed by atoms with Crippen molar-refractivity contribution in [1.29, 1.82) is 0 Å². The van der Waals surface area contributed by atoms with Crippen molar-refractivity contribution in [2.75, 3.05) is 6.61 Å². The first-order valence-corrected chi connectivity index (χ1v) is 9.05. The summed E-state index contributed by atoms with van der Waals surface area (Å²) in [6.45, 7) is 12.0. The van der Waals surface area contributed by atoms with E-state index in [9.17, 15) is 4.79 Å². The lowest BCUT2D eigenvalue weighted by Gasteiger charge is -2.34. The quantitative estimate of drug-likeness (QED) is 0.540. The molecule has 0 radical (unpaired) electrons. The Labute approximate surface area is 152 Å². The average Bonchev–Trinajstić information content (AvgIpc) is 2.60. The molecule has 134 valence electrons. The maximum absolute atomic E-state index is 12.4. The van der Waals surface area contributed by atoms with E-state index in [-0.39, 0.29) is 11.2 Å². The highest BCUT2D eigenvalue weighted by atomic mass is 16.5. The highest BCUT2D eigenvalue weighted by Crippen LogP contribution is 2.36. The first kappa shape index (κ1) is 19.2. The summed E-state index contributed by atoms with van der Waals surface area (Å²) in [7, 11) is 0. The zero-order valence-electron chi connectivity index (χ0n) is 16.1. The van der Waals surface area contributed by atoms with Gasteiger partial charge in [0.05, 0.1) is 6.61 Å². The number of carbonyl (C=O) groups is 1. The Bertz CT molecular complexity index is 682. The largest absolute Gasteiger partial charge is 0.493 e. The van der Waals surface area contributed by atoms with Crippen LogP contribution < -0.4 is 4.74 Å². The fourth-order valence-corrected chi connectivity index (χ4v) is 3.21. The summed E-state index contributed by atoms with van der Waals surface area (Å²) < 4.78 is 5.99. The normalized spacial score (nSPS) is 12.0. The van der Waals surface area contributed by atoms with E-state index in [1.165, 1.54) is 0 Å². The van der Waals surface area contributed by atoms with Crippen molar-refractivity contribution < 1.29 is 9.53 Å². The van der Waals surface area contributed by atoms with E-state index in [2.05, 4.69) is 34.6 Å². The molecule has 0 atom stereocenters. The van der Waals surface area contributed by atoms with Crippen LogP contribution in [0.25, 0.3) is 0 Å². The zero-order chi connectivity index (χ0) is 18.5. The van der Waals surface area contributed by atoms with Crippen molar-refractivity contribution in [3.05, 3.63) is 65.7 Å². The van der Waals surface area contributed by atoms with Crippen LogP contribution in [0.4, 0.5) is 0 Å². The number of ether oxygens (including phenoxy) is 1. The van der Waals surface area contributed by atoms with Gasteiger partial charge >= 0.3 is 0 Å². The van der Waals surface area contributed by atoms with Gasteiger partial charge in [0.25, 0.3) is 0 Å². The van der Waals surface area contributed by atoms with Crippen LogP contribution in [-0.2, 0) is 0 Å². The molecule has 2 aromatic rings. The Kier molecular flexibility index (Phi) is 6.05. The number of carbonyl (C=O) groups excluding carboxylic acids is 1. The van der Waals surface area contributed by atoms with Gasteiger partial charge in [0.2, 0.25) is 0 Å². The lowest BCUT2D eigenvalue weighted by molar-refractivity contribution is 0.103. The second kappa shape index (κ2) is 7.86. The van der Waals surface area contributed by atoms with Crippen molar-refractivity contribution in [3.8, 4) is 5.75 Å². The maximum Gasteiger partial charge on any atom is 0.193 e. The molecule has 0 fully saturated rings. The Balaban J connectivity index is 1.98. The number of ketones is 1. The Morgan fingerprint density at radius 1 is 0.840 bits per heavy atom. The lowest BCUT2D eigenvalue weighted by Crippen LogP contribution is -2.28. The van der Waals surface area contributed by atoms with Gasteiger partial charge in [0.1, 0.15) is 5.75 Å². The van der Waals surface area contributed by atoms with Crippen molar-refractivity contribution in [2.24, 2.45) is 10.8 Å². The fraction of sp³-hybridized carbons (Fsp3) is 0.435. The van der Waals surface area contributed by atoms with Gasteiger partial charge in [-0.05, 0) is 41.5 Å². The minimum Gasteiger partial charge on any atom is -0.493 e. The van der Waals surface area contributed by atoms with Gasteiger partial charge < -0.3 is 4.74 Å². The van der Waals surface area contributed by atoms with Crippen LogP contribution in [0.2, 0.25) is 0 Å². The summed E-state index contributed by atoms with van der Waals surface area (Å²) in [6, 6.07) is 16.8. The van der Waals surface area contributed by atoms with Crippen LogP contribution in [0.1, 0.15) is 63.4 Å². The van der Waals surface area contributed by atoms with E-state index < -0.39 is 0 Å². The summed E-state index contributed by atoms with van der Waals surface area (Å²) in [5, 5.41) is 0. The van der Waals surface area contributed by atoms with Gasteiger partial charge in [0.15, 0.2) is 5.78 Å². The molecule has 2 aromatic carbocycles. The van der Waals surface area contributed by atoms with Crippen LogP contribution in [0.15, 0.2) is 54.6 Å². The molecule has 25 heavy (non-hydrogen) atoms. The molecule has 0 N–H and O–H groups in total. The molecule has 0 aromatic heterocycles. The highest BCUT2D eigenvalue weighted by Gasteiger charge is 2.28. The van der Waals surface area contributed by atoms with Crippen molar-refractivity contribution in [3.63, 3.8) is 0 Å². The molecule has 0 aliphatic rings. The molecule has 0 saturated carbocycles. The Hall–Kier alpha value is -2.09. The van der Waals surface area contributed by atoms with Gasteiger partial charge in [-0.2, -0.15) is 0 Å². The van der Waals surface area contributed by atoms with Gasteiger partial charge in [-0.3, -0.25) is 4.79 Å². The molecule has 0 heterocycles. The summed E-state index contributed by atoms with van der Waals surface area (Å²) >= 11 is 0. The number of benzene rings is 2. The highest BCUT2D eigenvalue weighted by molar-refractivity contribution is 6.08. The first-order valence-electron chi connectivity index (χ1n) is 9.05. The molecule has 0 aliphatic carbocycles. The number of hydrogen-bond donors (Lipinski definition) is 0. The molecule has 0 saturated heterocycles. The van der Waals surface area contributed by atoms with E-state index in [1.807, 2.05) is 54.6 Å². The number of rotatable bonds is 8. The smallest absolute Gasteiger partial charge is 0.193 e. The second-order valence-electron chi connectivity index (χ2n) is 8.37. The molecule has 0 bridgehead atoms. The molecule has 0 aliphatic heterocycles. The monoisotopic (exact) mass is 338 g/mol. The fourth-order valence-electron chi connectivity index (χ4n) is 3.21. The first-order chi connectivity index (χ1) is 11.7. The molecule has 2 nitrogen and oxygen atoms in total. The molecule has 2 heteroatoms. The van der Waals surface area contributed by atoms with Crippen molar-refractivity contribution >= 4 is 5.78 Å². The second-order valence-corrected chi connectivity index (χ2v) is 8.37. The third-order valence-corrected chi connectivity index (χ3v) is 4.70. The van der Waals surface area contributed by atoms with E-state index in [0.717, 1.165) is 18.6 Å².